The summed E-state index contributed by atoms with van der Waals surface area (Å²) >= 11 is 7.41. The van der Waals surface area contributed by atoms with Crippen LogP contribution in [-0.4, -0.2) is 11.9 Å². The topological polar surface area (TPSA) is 67.4 Å². The van der Waals surface area contributed by atoms with E-state index in [0.29, 0.717) is 21.9 Å². The SMILES string of the molecule is Cc1sc2c(c1C)C(=O)NC(c1ccc(OC(=O)c3ccc(Cl)cc3)cc1)N2. The largest absolute Gasteiger partial charge is 0.423 e. The van der Waals surface area contributed by atoms with E-state index in [-0.39, 0.29) is 12.1 Å². The first-order valence-electron chi connectivity index (χ1n) is 8.67. The number of anilines is 1. The average molecular weight is 413 g/mol. The first-order chi connectivity index (χ1) is 13.4. The molecule has 28 heavy (non-hydrogen) atoms. The number of carbonyl (C=O) groups is 2. The highest BCUT2D eigenvalue weighted by Gasteiger charge is 2.28. The van der Waals surface area contributed by atoms with Gasteiger partial charge >= 0.3 is 5.97 Å². The summed E-state index contributed by atoms with van der Waals surface area (Å²) in [6.07, 6.45) is -0.335. The van der Waals surface area contributed by atoms with Crippen molar-refractivity contribution in [2.24, 2.45) is 0 Å². The Bertz CT molecular complexity index is 1060. The van der Waals surface area contributed by atoms with E-state index in [9.17, 15) is 9.59 Å². The van der Waals surface area contributed by atoms with Crippen LogP contribution in [0.3, 0.4) is 0 Å². The first kappa shape index (κ1) is 18.5. The average Bonchev–Trinajstić information content (AvgIpc) is 2.97. The van der Waals surface area contributed by atoms with E-state index in [1.54, 1.807) is 47.7 Å². The van der Waals surface area contributed by atoms with E-state index >= 15 is 0 Å². The second kappa shape index (κ2) is 7.30. The Balaban J connectivity index is 1.48. The van der Waals surface area contributed by atoms with Crippen LogP contribution in [0.4, 0.5) is 5.00 Å². The molecule has 142 valence electrons. The van der Waals surface area contributed by atoms with Crippen LogP contribution in [0.25, 0.3) is 0 Å². The molecule has 1 aromatic heterocycles. The summed E-state index contributed by atoms with van der Waals surface area (Å²) in [6.45, 7) is 3.96. The van der Waals surface area contributed by atoms with Crippen LogP contribution in [0.2, 0.25) is 5.02 Å². The molecule has 7 heteroatoms. The minimum absolute atomic E-state index is 0.0844. The predicted molar refractivity (Wildman–Crippen MR) is 110 cm³/mol. The number of ether oxygens (including phenoxy) is 1. The Kier molecular flexibility index (Phi) is 4.83. The van der Waals surface area contributed by atoms with Crippen LogP contribution in [0.5, 0.6) is 5.75 Å². The molecule has 3 aromatic rings. The molecule has 0 radical (unpaired) electrons. The number of thiophene rings is 1. The molecule has 2 heterocycles. The lowest BCUT2D eigenvalue weighted by molar-refractivity contribution is 0.0734. The fourth-order valence-electron chi connectivity index (χ4n) is 3.02. The van der Waals surface area contributed by atoms with Crippen LogP contribution < -0.4 is 15.4 Å². The molecule has 1 aliphatic rings. The van der Waals surface area contributed by atoms with E-state index in [1.807, 2.05) is 26.0 Å². The zero-order chi connectivity index (χ0) is 19.8. The third kappa shape index (κ3) is 3.48. The molecule has 2 N–H and O–H groups in total. The van der Waals surface area contributed by atoms with Gasteiger partial charge in [0.2, 0.25) is 0 Å². The summed E-state index contributed by atoms with van der Waals surface area (Å²) in [5.74, 6) is -0.115. The fraction of sp³-hybridized carbons (Fsp3) is 0.143. The van der Waals surface area contributed by atoms with E-state index in [0.717, 1.165) is 21.0 Å². The quantitative estimate of drug-likeness (QED) is 0.464. The number of halogens is 1. The normalized spacial score (nSPS) is 15.4. The third-order valence-corrected chi connectivity index (χ3v) is 6.06. The minimum atomic E-state index is -0.456. The molecule has 0 aliphatic carbocycles. The van der Waals surface area contributed by atoms with Gasteiger partial charge in [0.25, 0.3) is 5.91 Å². The highest BCUT2D eigenvalue weighted by molar-refractivity contribution is 7.16. The summed E-state index contributed by atoms with van der Waals surface area (Å²) in [6, 6.07) is 13.6. The number of amides is 1. The molecule has 1 aliphatic heterocycles. The minimum Gasteiger partial charge on any atom is -0.423 e. The van der Waals surface area contributed by atoms with Crippen molar-refractivity contribution >= 4 is 39.8 Å². The van der Waals surface area contributed by atoms with Gasteiger partial charge in [0.05, 0.1) is 11.1 Å². The van der Waals surface area contributed by atoms with Gasteiger partial charge in [-0.05, 0) is 61.4 Å². The van der Waals surface area contributed by atoms with Gasteiger partial charge in [-0.3, -0.25) is 4.79 Å². The van der Waals surface area contributed by atoms with Gasteiger partial charge in [-0.2, -0.15) is 0 Å². The zero-order valence-electron chi connectivity index (χ0n) is 15.2. The van der Waals surface area contributed by atoms with Crippen molar-refractivity contribution in [2.75, 3.05) is 5.32 Å². The molecule has 4 rings (SSSR count). The molecule has 0 spiro atoms. The predicted octanol–water partition coefficient (Wildman–Crippen LogP) is 5.09. The Labute approximate surface area is 171 Å². The lowest BCUT2D eigenvalue weighted by Gasteiger charge is -2.26. The van der Waals surface area contributed by atoms with E-state index in [1.165, 1.54) is 0 Å². The van der Waals surface area contributed by atoms with Crippen LogP contribution in [0, 0.1) is 13.8 Å². The highest BCUT2D eigenvalue weighted by Crippen LogP contribution is 2.37. The van der Waals surface area contributed by atoms with Gasteiger partial charge in [-0.1, -0.05) is 23.7 Å². The second-order valence-electron chi connectivity index (χ2n) is 6.50. The van der Waals surface area contributed by atoms with Gasteiger partial charge in [-0.15, -0.1) is 11.3 Å². The van der Waals surface area contributed by atoms with Crippen molar-refractivity contribution in [1.82, 2.24) is 5.32 Å². The fourth-order valence-corrected chi connectivity index (χ4v) is 4.23. The number of hydrogen-bond acceptors (Lipinski definition) is 5. The number of carbonyl (C=O) groups excluding carboxylic acids is 2. The molecule has 0 saturated heterocycles. The molecule has 2 aromatic carbocycles. The Hall–Kier alpha value is -2.83. The monoisotopic (exact) mass is 412 g/mol. The van der Waals surface area contributed by atoms with Crippen LogP contribution in [0.15, 0.2) is 48.5 Å². The first-order valence-corrected chi connectivity index (χ1v) is 9.87. The summed E-state index contributed by atoms with van der Waals surface area (Å²) < 4.78 is 5.39. The van der Waals surface area contributed by atoms with Crippen LogP contribution in [-0.2, 0) is 0 Å². The number of esters is 1. The number of benzene rings is 2. The zero-order valence-corrected chi connectivity index (χ0v) is 16.8. The van der Waals surface area contributed by atoms with Crippen molar-refractivity contribution in [3.63, 3.8) is 0 Å². The lowest BCUT2D eigenvalue weighted by Crippen LogP contribution is -2.38. The molecular formula is C21H17ClN2O3S. The Morgan fingerprint density at radius 3 is 2.39 bits per heavy atom. The number of hydrogen-bond donors (Lipinski definition) is 2. The maximum atomic E-state index is 12.5. The third-order valence-electron chi connectivity index (χ3n) is 4.67. The second-order valence-corrected chi connectivity index (χ2v) is 8.16. The lowest BCUT2D eigenvalue weighted by atomic mass is 10.1. The Morgan fingerprint density at radius 1 is 1.04 bits per heavy atom. The summed E-state index contributed by atoms with van der Waals surface area (Å²) in [4.78, 5) is 25.8. The molecule has 5 nitrogen and oxygen atoms in total. The van der Waals surface area contributed by atoms with Gasteiger partial charge in [-0.25, -0.2) is 4.79 Å². The highest BCUT2D eigenvalue weighted by atomic mass is 35.5. The smallest absolute Gasteiger partial charge is 0.343 e. The van der Waals surface area contributed by atoms with Crippen molar-refractivity contribution in [3.8, 4) is 5.75 Å². The maximum Gasteiger partial charge on any atom is 0.343 e. The van der Waals surface area contributed by atoms with Crippen molar-refractivity contribution in [1.29, 1.82) is 0 Å². The number of nitrogens with one attached hydrogen (secondary N) is 2. The van der Waals surface area contributed by atoms with E-state index in [2.05, 4.69) is 10.6 Å². The van der Waals surface area contributed by atoms with Crippen molar-refractivity contribution < 1.29 is 14.3 Å². The number of rotatable bonds is 3. The molecule has 0 fully saturated rings. The summed E-state index contributed by atoms with van der Waals surface area (Å²) in [7, 11) is 0. The molecule has 1 amide bonds. The molecule has 0 bridgehead atoms. The van der Waals surface area contributed by atoms with Gasteiger partial charge in [0.1, 0.15) is 16.9 Å². The Morgan fingerprint density at radius 2 is 1.71 bits per heavy atom. The van der Waals surface area contributed by atoms with E-state index < -0.39 is 5.97 Å². The van der Waals surface area contributed by atoms with Gasteiger partial charge in [0.15, 0.2) is 0 Å². The molecule has 1 unspecified atom stereocenters. The maximum absolute atomic E-state index is 12.5. The standard InChI is InChI=1S/C21H17ClN2O3S/c1-11-12(2)28-20-17(11)19(25)23-18(24-20)13-5-9-16(10-6-13)27-21(26)14-3-7-15(22)8-4-14/h3-10,18,24H,1-2H3,(H,23,25). The van der Waals surface area contributed by atoms with Gasteiger partial charge < -0.3 is 15.4 Å². The number of aryl methyl sites for hydroxylation is 1. The molecular weight excluding hydrogens is 396 g/mol. The molecule has 1 atom stereocenters. The van der Waals surface area contributed by atoms with Gasteiger partial charge in [0, 0.05) is 9.90 Å². The molecule has 0 saturated carbocycles. The van der Waals surface area contributed by atoms with Crippen LogP contribution in [0.1, 0.15) is 42.9 Å². The van der Waals surface area contributed by atoms with Crippen molar-refractivity contribution in [3.05, 3.63) is 80.7 Å². The summed E-state index contributed by atoms with van der Waals surface area (Å²) in [5, 5.41) is 7.77. The van der Waals surface area contributed by atoms with Crippen molar-refractivity contribution in [2.45, 2.75) is 20.0 Å². The van der Waals surface area contributed by atoms with E-state index in [4.69, 9.17) is 16.3 Å². The van der Waals surface area contributed by atoms with Crippen LogP contribution >= 0.6 is 22.9 Å². The summed E-state index contributed by atoms with van der Waals surface area (Å²) in [5.41, 5.74) is 3.01. The number of fused-ring (bicyclic) bond motifs is 1.